The van der Waals surface area contributed by atoms with Gasteiger partial charge in [-0.2, -0.15) is 0 Å². The number of esters is 2. The van der Waals surface area contributed by atoms with E-state index in [0.29, 0.717) is 18.8 Å². The number of hydrogen-bond donors (Lipinski definition) is 0. The fourth-order valence-electron chi connectivity index (χ4n) is 3.38. The summed E-state index contributed by atoms with van der Waals surface area (Å²) >= 11 is 0. The molecule has 0 N–H and O–H groups in total. The van der Waals surface area contributed by atoms with Crippen LogP contribution in [0.15, 0.2) is 0 Å². The molecule has 1 heterocycles. The van der Waals surface area contributed by atoms with Crippen molar-refractivity contribution in [3.05, 3.63) is 0 Å². The molecule has 0 amide bonds. The van der Waals surface area contributed by atoms with Crippen LogP contribution in [0.3, 0.4) is 0 Å². The Hall–Kier alpha value is -1.06. The van der Waals surface area contributed by atoms with Crippen LogP contribution in [-0.2, 0) is 19.1 Å². The molecule has 0 spiro atoms. The van der Waals surface area contributed by atoms with E-state index in [1.165, 1.54) is 0 Å². The highest BCUT2D eigenvalue weighted by atomic mass is 16.7. The Morgan fingerprint density at radius 2 is 2.40 bits per heavy atom. The minimum Gasteiger partial charge on any atom is -0.422 e. The maximum atomic E-state index is 11.6. The topological polar surface area (TPSA) is 52.6 Å². The van der Waals surface area contributed by atoms with Crippen molar-refractivity contribution >= 4 is 11.9 Å². The quantitative estimate of drug-likeness (QED) is 0.643. The Labute approximate surface area is 87.9 Å². The third kappa shape index (κ3) is 1.08. The van der Waals surface area contributed by atoms with Crippen molar-refractivity contribution in [1.29, 1.82) is 0 Å². The van der Waals surface area contributed by atoms with Crippen LogP contribution in [0.1, 0.15) is 32.6 Å². The van der Waals surface area contributed by atoms with E-state index < -0.39 is 5.79 Å². The molecular formula is C11H14O4. The third-order valence-corrected chi connectivity index (χ3v) is 3.95. The predicted octanol–water partition coefficient (Wildman–Crippen LogP) is 1.24. The molecule has 15 heavy (non-hydrogen) atoms. The fourth-order valence-corrected chi connectivity index (χ4v) is 3.38. The molecule has 3 aliphatic rings. The summed E-state index contributed by atoms with van der Waals surface area (Å²) in [5.41, 5.74) is 0. The summed E-state index contributed by atoms with van der Waals surface area (Å²) in [6.45, 7) is 1.75. The molecule has 2 saturated carbocycles. The van der Waals surface area contributed by atoms with Crippen LogP contribution in [-0.4, -0.2) is 17.7 Å². The molecule has 0 aromatic heterocycles. The maximum absolute atomic E-state index is 11.6. The minimum atomic E-state index is -0.877. The van der Waals surface area contributed by atoms with E-state index in [1.807, 2.05) is 0 Å². The standard InChI is InChI=1S/C11H14O4/c1-2-9(12)14-11-5-6-3-7(8(11)4-6)10(13)15-11/h6-8H,2-5H2,1H3. The Kier molecular flexibility index (Phi) is 1.68. The molecule has 4 heteroatoms. The zero-order chi connectivity index (χ0) is 10.6. The number of fused-ring (bicyclic) bond motifs is 1. The highest BCUT2D eigenvalue weighted by Crippen LogP contribution is 2.60. The van der Waals surface area contributed by atoms with Gasteiger partial charge in [-0.05, 0) is 18.8 Å². The lowest BCUT2D eigenvalue weighted by Gasteiger charge is -2.29. The average Bonchev–Trinajstić information content (AvgIpc) is 2.76. The molecule has 0 aromatic carbocycles. The Bertz CT molecular complexity index is 337. The summed E-state index contributed by atoms with van der Waals surface area (Å²) in [5, 5.41) is 0. The lowest BCUT2D eigenvalue weighted by Crippen LogP contribution is -2.39. The van der Waals surface area contributed by atoms with Gasteiger partial charge in [0.25, 0.3) is 5.79 Å². The molecule has 3 rings (SSSR count). The lowest BCUT2D eigenvalue weighted by molar-refractivity contribution is -0.222. The average molecular weight is 210 g/mol. The Morgan fingerprint density at radius 3 is 3.07 bits per heavy atom. The van der Waals surface area contributed by atoms with E-state index in [-0.39, 0.29) is 23.8 Å². The highest BCUT2D eigenvalue weighted by Gasteiger charge is 2.68. The molecular weight excluding hydrogens is 196 g/mol. The van der Waals surface area contributed by atoms with Gasteiger partial charge in [0.1, 0.15) is 0 Å². The Morgan fingerprint density at radius 1 is 1.60 bits per heavy atom. The zero-order valence-corrected chi connectivity index (χ0v) is 8.69. The lowest BCUT2D eigenvalue weighted by atomic mass is 9.87. The molecule has 4 nitrogen and oxygen atoms in total. The third-order valence-electron chi connectivity index (χ3n) is 3.95. The monoisotopic (exact) mass is 210 g/mol. The van der Waals surface area contributed by atoms with Gasteiger partial charge < -0.3 is 9.47 Å². The molecule has 0 radical (unpaired) electrons. The van der Waals surface area contributed by atoms with Crippen LogP contribution in [0.2, 0.25) is 0 Å². The van der Waals surface area contributed by atoms with Crippen LogP contribution in [0, 0.1) is 17.8 Å². The van der Waals surface area contributed by atoms with Crippen molar-refractivity contribution < 1.29 is 19.1 Å². The van der Waals surface area contributed by atoms with E-state index in [1.54, 1.807) is 6.92 Å². The summed E-state index contributed by atoms with van der Waals surface area (Å²) in [5.74, 6) is -0.674. The van der Waals surface area contributed by atoms with Gasteiger partial charge in [0.2, 0.25) is 0 Å². The van der Waals surface area contributed by atoms with Crippen LogP contribution < -0.4 is 0 Å². The summed E-state index contributed by atoms with van der Waals surface area (Å²) in [6.07, 6.45) is 2.95. The molecule has 2 bridgehead atoms. The van der Waals surface area contributed by atoms with E-state index in [9.17, 15) is 9.59 Å². The predicted molar refractivity (Wildman–Crippen MR) is 49.5 cm³/mol. The van der Waals surface area contributed by atoms with Gasteiger partial charge >= 0.3 is 11.9 Å². The summed E-state index contributed by atoms with van der Waals surface area (Å²) in [6, 6.07) is 0. The summed E-state index contributed by atoms with van der Waals surface area (Å²) < 4.78 is 10.7. The largest absolute Gasteiger partial charge is 0.422 e. The molecule has 0 aromatic rings. The van der Waals surface area contributed by atoms with Gasteiger partial charge in [-0.3, -0.25) is 9.59 Å². The van der Waals surface area contributed by atoms with Crippen LogP contribution in [0.4, 0.5) is 0 Å². The van der Waals surface area contributed by atoms with Crippen molar-refractivity contribution in [2.45, 2.75) is 38.4 Å². The van der Waals surface area contributed by atoms with Crippen molar-refractivity contribution in [3.63, 3.8) is 0 Å². The first kappa shape index (κ1) is 9.19. The summed E-state index contributed by atoms with van der Waals surface area (Å²) in [7, 11) is 0. The number of ether oxygens (including phenoxy) is 2. The second-order valence-electron chi connectivity index (χ2n) is 4.82. The normalized spacial score (nSPS) is 45.7. The second-order valence-corrected chi connectivity index (χ2v) is 4.82. The van der Waals surface area contributed by atoms with Gasteiger partial charge in [-0.1, -0.05) is 6.92 Å². The first-order chi connectivity index (χ1) is 7.14. The minimum absolute atomic E-state index is 0.00611. The van der Waals surface area contributed by atoms with Crippen LogP contribution in [0.25, 0.3) is 0 Å². The number of rotatable bonds is 2. The first-order valence-corrected chi connectivity index (χ1v) is 5.59. The van der Waals surface area contributed by atoms with Crippen LogP contribution in [0.5, 0.6) is 0 Å². The van der Waals surface area contributed by atoms with Gasteiger partial charge in [0.05, 0.1) is 11.8 Å². The molecule has 4 atom stereocenters. The molecule has 4 unspecified atom stereocenters. The number of carbonyl (C=O) groups excluding carboxylic acids is 2. The van der Waals surface area contributed by atoms with Crippen molar-refractivity contribution in [1.82, 2.24) is 0 Å². The van der Waals surface area contributed by atoms with Crippen LogP contribution >= 0.6 is 0 Å². The van der Waals surface area contributed by atoms with Crippen molar-refractivity contribution in [3.8, 4) is 0 Å². The van der Waals surface area contributed by atoms with E-state index >= 15 is 0 Å². The SMILES string of the molecule is CCC(=O)OC12CC3CC(C(=O)O1)C2C3. The highest BCUT2D eigenvalue weighted by molar-refractivity contribution is 5.78. The fraction of sp³-hybridized carbons (Fsp3) is 0.818. The first-order valence-electron chi connectivity index (χ1n) is 5.59. The van der Waals surface area contributed by atoms with Gasteiger partial charge in [-0.25, -0.2) is 0 Å². The van der Waals surface area contributed by atoms with E-state index in [4.69, 9.17) is 9.47 Å². The molecule has 3 fully saturated rings. The number of hydrogen-bond acceptors (Lipinski definition) is 4. The van der Waals surface area contributed by atoms with Gasteiger partial charge in [0.15, 0.2) is 0 Å². The molecule has 82 valence electrons. The second kappa shape index (κ2) is 2.74. The van der Waals surface area contributed by atoms with E-state index in [0.717, 1.165) is 12.8 Å². The number of carbonyl (C=O) groups is 2. The van der Waals surface area contributed by atoms with Gasteiger partial charge in [-0.15, -0.1) is 0 Å². The van der Waals surface area contributed by atoms with Crippen molar-refractivity contribution in [2.24, 2.45) is 17.8 Å². The molecule has 1 saturated heterocycles. The zero-order valence-electron chi connectivity index (χ0n) is 8.69. The molecule has 1 aliphatic heterocycles. The molecule has 2 aliphatic carbocycles. The Balaban J connectivity index is 1.87. The maximum Gasteiger partial charge on any atom is 0.312 e. The smallest absolute Gasteiger partial charge is 0.312 e. The van der Waals surface area contributed by atoms with Gasteiger partial charge in [0, 0.05) is 12.8 Å². The van der Waals surface area contributed by atoms with E-state index in [2.05, 4.69) is 0 Å². The van der Waals surface area contributed by atoms with Crippen molar-refractivity contribution in [2.75, 3.05) is 0 Å². The summed E-state index contributed by atoms with van der Waals surface area (Å²) in [4.78, 5) is 22.9.